The summed E-state index contributed by atoms with van der Waals surface area (Å²) >= 11 is 0. The number of nitro benzene ring substituents is 1. The highest BCUT2D eigenvalue weighted by Gasteiger charge is 2.38. The summed E-state index contributed by atoms with van der Waals surface area (Å²) in [5, 5.41) is 10.9. The van der Waals surface area contributed by atoms with Crippen LogP contribution in [0.15, 0.2) is 35.3 Å². The van der Waals surface area contributed by atoms with Crippen molar-refractivity contribution in [3.8, 4) is 11.5 Å². The molecular weight excluding hydrogens is 314 g/mol. The average molecular weight is 323 g/mol. The molecule has 8 nitrogen and oxygen atoms in total. The molecule has 1 amide bonds. The van der Waals surface area contributed by atoms with Gasteiger partial charge in [0.25, 0.3) is 11.6 Å². The van der Waals surface area contributed by atoms with E-state index in [9.17, 15) is 14.9 Å². The maximum absolute atomic E-state index is 12.6. The van der Waals surface area contributed by atoms with Gasteiger partial charge >= 0.3 is 0 Å². The molecule has 0 aromatic heterocycles. The average Bonchev–Trinajstić information content (AvgIpc) is 3.14. The topological polar surface area (TPSA) is 94.3 Å². The molecule has 118 valence electrons. The predicted octanol–water partition coefficient (Wildman–Crippen LogP) is 2.37. The van der Waals surface area contributed by atoms with E-state index in [0.29, 0.717) is 40.7 Å². The molecular formula is C16H9N3O5. The fourth-order valence-corrected chi connectivity index (χ4v) is 3.16. The van der Waals surface area contributed by atoms with Crippen LogP contribution in [-0.4, -0.2) is 28.4 Å². The molecule has 0 bridgehead atoms. The van der Waals surface area contributed by atoms with Gasteiger partial charge in [0, 0.05) is 29.3 Å². The molecule has 0 fully saturated rings. The van der Waals surface area contributed by atoms with Crippen molar-refractivity contribution < 1.29 is 19.2 Å². The number of nitrogens with zero attached hydrogens (tertiary/aromatic N) is 3. The van der Waals surface area contributed by atoms with Crippen LogP contribution < -0.4 is 9.47 Å². The van der Waals surface area contributed by atoms with Crippen molar-refractivity contribution in [3.05, 3.63) is 57.1 Å². The molecule has 0 spiro atoms. The van der Waals surface area contributed by atoms with Gasteiger partial charge in [0.05, 0.1) is 22.7 Å². The number of hydrogen-bond donors (Lipinski definition) is 0. The van der Waals surface area contributed by atoms with Crippen molar-refractivity contribution in [3.63, 3.8) is 0 Å². The van der Waals surface area contributed by atoms with Crippen LogP contribution in [0.4, 0.5) is 11.4 Å². The predicted molar refractivity (Wildman–Crippen MR) is 81.7 cm³/mol. The monoisotopic (exact) mass is 323 g/mol. The standard InChI is InChI=1S/C16H9N3O5/c20-16-11-4-9(19(21)22)1-2-10(11)15-17-12-5-14-13(23-7-24-14)3-8(12)6-18(15)16/h1-5H,6-7H2. The maximum atomic E-state index is 12.6. The molecule has 3 aliphatic rings. The molecule has 0 N–H and O–H groups in total. The largest absolute Gasteiger partial charge is 0.454 e. The van der Waals surface area contributed by atoms with Gasteiger partial charge in [0.2, 0.25) is 6.79 Å². The molecule has 3 heterocycles. The zero-order chi connectivity index (χ0) is 16.4. The second-order valence-electron chi connectivity index (χ2n) is 5.65. The lowest BCUT2D eigenvalue weighted by atomic mass is 10.1. The number of hydrogen-bond acceptors (Lipinski definition) is 6. The van der Waals surface area contributed by atoms with E-state index in [1.807, 2.05) is 6.07 Å². The number of rotatable bonds is 1. The Morgan fingerprint density at radius 3 is 2.71 bits per heavy atom. The molecule has 0 aliphatic carbocycles. The first-order valence-corrected chi connectivity index (χ1v) is 7.24. The third kappa shape index (κ3) is 1.62. The van der Waals surface area contributed by atoms with Crippen molar-refractivity contribution >= 4 is 23.1 Å². The number of fused-ring (bicyclic) bond motifs is 5. The van der Waals surface area contributed by atoms with Gasteiger partial charge in [0.15, 0.2) is 11.5 Å². The molecule has 24 heavy (non-hydrogen) atoms. The van der Waals surface area contributed by atoms with Crippen LogP contribution >= 0.6 is 0 Å². The summed E-state index contributed by atoms with van der Waals surface area (Å²) in [5.74, 6) is 1.49. The van der Waals surface area contributed by atoms with Gasteiger partial charge in [-0.15, -0.1) is 0 Å². The van der Waals surface area contributed by atoms with E-state index in [-0.39, 0.29) is 18.4 Å². The van der Waals surface area contributed by atoms with Crippen molar-refractivity contribution in [1.82, 2.24) is 4.90 Å². The summed E-state index contributed by atoms with van der Waals surface area (Å²) in [4.78, 5) is 29.1. The molecule has 8 heteroatoms. The number of carbonyl (C=O) groups excluding carboxylic acids is 1. The quantitative estimate of drug-likeness (QED) is 0.593. The summed E-state index contributed by atoms with van der Waals surface area (Å²) in [5.41, 5.74) is 2.36. The van der Waals surface area contributed by atoms with Gasteiger partial charge in [-0.2, -0.15) is 0 Å². The summed E-state index contributed by atoms with van der Waals surface area (Å²) in [6.45, 7) is 0.510. The third-order valence-electron chi connectivity index (χ3n) is 4.31. The van der Waals surface area contributed by atoms with Crippen LogP contribution in [0.2, 0.25) is 0 Å². The lowest BCUT2D eigenvalue weighted by Gasteiger charge is -2.23. The van der Waals surface area contributed by atoms with Crippen LogP contribution in [0.3, 0.4) is 0 Å². The minimum Gasteiger partial charge on any atom is -0.454 e. The van der Waals surface area contributed by atoms with Crippen molar-refractivity contribution in [1.29, 1.82) is 0 Å². The summed E-state index contributed by atoms with van der Waals surface area (Å²) in [6.07, 6.45) is 0. The summed E-state index contributed by atoms with van der Waals surface area (Å²) in [7, 11) is 0. The van der Waals surface area contributed by atoms with Gasteiger partial charge in [-0.05, 0) is 12.1 Å². The second-order valence-corrected chi connectivity index (χ2v) is 5.65. The Bertz CT molecular complexity index is 982. The highest BCUT2D eigenvalue weighted by molar-refractivity contribution is 6.24. The Morgan fingerprint density at radius 2 is 1.92 bits per heavy atom. The number of ether oxygens (including phenoxy) is 2. The molecule has 5 rings (SSSR count). The maximum Gasteiger partial charge on any atom is 0.270 e. The fraction of sp³-hybridized carbons (Fsp3) is 0.125. The Morgan fingerprint density at radius 1 is 1.12 bits per heavy atom. The van der Waals surface area contributed by atoms with Crippen molar-refractivity contribution in [2.24, 2.45) is 4.99 Å². The van der Waals surface area contributed by atoms with Gasteiger partial charge in [-0.3, -0.25) is 19.8 Å². The minimum atomic E-state index is -0.513. The third-order valence-corrected chi connectivity index (χ3v) is 4.31. The summed E-state index contributed by atoms with van der Waals surface area (Å²) in [6, 6.07) is 7.86. The van der Waals surface area contributed by atoms with E-state index >= 15 is 0 Å². The minimum absolute atomic E-state index is 0.110. The number of amidine groups is 1. The molecule has 0 saturated carbocycles. The number of nitro groups is 1. The highest BCUT2D eigenvalue weighted by atomic mass is 16.7. The Balaban J connectivity index is 1.66. The first kappa shape index (κ1) is 13.1. The zero-order valence-corrected chi connectivity index (χ0v) is 12.2. The smallest absolute Gasteiger partial charge is 0.270 e. The van der Waals surface area contributed by atoms with Crippen LogP contribution in [0.5, 0.6) is 11.5 Å². The molecule has 0 atom stereocenters. The second kappa shape index (κ2) is 4.31. The van der Waals surface area contributed by atoms with Gasteiger partial charge in [-0.25, -0.2) is 4.99 Å². The lowest BCUT2D eigenvalue weighted by molar-refractivity contribution is -0.384. The van der Waals surface area contributed by atoms with Gasteiger partial charge in [0.1, 0.15) is 5.84 Å². The van der Waals surface area contributed by atoms with E-state index in [1.54, 1.807) is 12.1 Å². The van der Waals surface area contributed by atoms with Crippen LogP contribution in [0, 0.1) is 10.1 Å². The Hall–Kier alpha value is -3.42. The van der Waals surface area contributed by atoms with Gasteiger partial charge < -0.3 is 9.47 Å². The van der Waals surface area contributed by atoms with Crippen LogP contribution in [0.25, 0.3) is 0 Å². The highest BCUT2D eigenvalue weighted by Crippen LogP contribution is 2.42. The van der Waals surface area contributed by atoms with E-state index in [1.165, 1.54) is 17.0 Å². The number of aliphatic imine (C=N–C) groups is 1. The van der Waals surface area contributed by atoms with E-state index < -0.39 is 4.92 Å². The first-order valence-electron chi connectivity index (χ1n) is 7.24. The molecule has 2 aromatic rings. The zero-order valence-electron chi connectivity index (χ0n) is 12.2. The first-order chi connectivity index (χ1) is 11.6. The Labute approximate surface area is 135 Å². The molecule has 0 unspecified atom stereocenters. The number of non-ortho nitro benzene ring substituents is 1. The SMILES string of the molecule is O=C1c2cc([N+](=O)[O-])ccc2C2=Nc3cc4c(cc3CN12)OCO4. The van der Waals surface area contributed by atoms with Crippen molar-refractivity contribution in [2.45, 2.75) is 6.54 Å². The Kier molecular flexibility index (Phi) is 2.35. The number of amides is 1. The molecule has 0 saturated heterocycles. The number of carbonyl (C=O) groups is 1. The van der Waals surface area contributed by atoms with E-state index in [4.69, 9.17) is 9.47 Å². The lowest BCUT2D eigenvalue weighted by Crippen LogP contribution is -2.31. The van der Waals surface area contributed by atoms with Crippen LogP contribution in [0.1, 0.15) is 21.5 Å². The van der Waals surface area contributed by atoms with E-state index in [2.05, 4.69) is 4.99 Å². The van der Waals surface area contributed by atoms with E-state index in [0.717, 1.165) is 5.56 Å². The molecule has 3 aliphatic heterocycles. The van der Waals surface area contributed by atoms with Gasteiger partial charge in [-0.1, -0.05) is 0 Å². The molecule has 0 radical (unpaired) electrons. The van der Waals surface area contributed by atoms with Crippen molar-refractivity contribution in [2.75, 3.05) is 6.79 Å². The fourth-order valence-electron chi connectivity index (χ4n) is 3.16. The molecule has 2 aromatic carbocycles. The normalized spacial score (nSPS) is 16.4. The summed E-state index contributed by atoms with van der Waals surface area (Å²) < 4.78 is 10.7. The van der Waals surface area contributed by atoms with Crippen LogP contribution in [-0.2, 0) is 6.54 Å². The number of benzene rings is 2.